The van der Waals surface area contributed by atoms with Gasteiger partial charge in [-0.3, -0.25) is 29.0 Å². The largest absolute Gasteiger partial charge is 0.320 e. The minimum absolute atomic E-state index is 0.139. The third-order valence-electron chi connectivity index (χ3n) is 8.35. The summed E-state index contributed by atoms with van der Waals surface area (Å²) in [4.78, 5) is 57.3. The lowest BCUT2D eigenvalue weighted by Gasteiger charge is -2.30. The van der Waals surface area contributed by atoms with E-state index in [2.05, 4.69) is 27.7 Å². The number of hydrogen-bond donors (Lipinski definition) is 2. The molecular weight excluding hydrogens is 528 g/mol. The van der Waals surface area contributed by atoms with Crippen LogP contribution in [0.3, 0.4) is 0 Å². The van der Waals surface area contributed by atoms with Crippen LogP contribution in [-0.4, -0.2) is 58.6 Å². The summed E-state index contributed by atoms with van der Waals surface area (Å²) in [6.45, 7) is 16.3. The molecule has 4 N–H and O–H groups in total. The standard InChI is InChI=1S/C34H58N4O4/c1-9-13-16-25(11-3)21-37(33(41)29(35)23(5)6)31(39)27-18-15-19-28(20-27)32(40)38(34(42)30(36)24(7)8)22-26(12-4)17-14-10-2/h15,18-20,23-26,29-30H,9-14,16-17,21-22,35-36H2,1-8H3/t25?,26?,29-,30-/m0/s1. The van der Waals surface area contributed by atoms with Gasteiger partial charge < -0.3 is 11.5 Å². The van der Waals surface area contributed by atoms with Gasteiger partial charge in [0.15, 0.2) is 0 Å². The predicted octanol–water partition coefficient (Wildman–Crippen LogP) is 6.02. The number of unbranched alkanes of at least 4 members (excludes halogenated alkanes) is 2. The number of carbonyl (C=O) groups excluding carboxylic acids is 4. The van der Waals surface area contributed by atoms with E-state index in [1.54, 1.807) is 18.2 Å². The van der Waals surface area contributed by atoms with Gasteiger partial charge in [0.1, 0.15) is 0 Å². The topological polar surface area (TPSA) is 127 Å². The molecule has 0 heterocycles. The number of nitrogens with zero attached hydrogens (tertiary/aromatic N) is 2. The van der Waals surface area contributed by atoms with E-state index in [4.69, 9.17) is 11.5 Å². The molecular formula is C34H58N4O4. The van der Waals surface area contributed by atoms with Gasteiger partial charge in [-0.25, -0.2) is 0 Å². The Hall–Kier alpha value is -2.58. The first kappa shape index (κ1) is 37.4. The molecule has 0 saturated heterocycles. The Morgan fingerprint density at radius 1 is 0.667 bits per heavy atom. The second kappa shape index (κ2) is 18.9. The maximum absolute atomic E-state index is 13.9. The van der Waals surface area contributed by atoms with Crippen LogP contribution >= 0.6 is 0 Å². The van der Waals surface area contributed by atoms with Crippen molar-refractivity contribution in [2.24, 2.45) is 35.1 Å². The highest BCUT2D eigenvalue weighted by atomic mass is 16.2. The van der Waals surface area contributed by atoms with Crippen molar-refractivity contribution >= 4 is 23.6 Å². The Morgan fingerprint density at radius 3 is 1.31 bits per heavy atom. The van der Waals surface area contributed by atoms with E-state index >= 15 is 0 Å². The highest BCUT2D eigenvalue weighted by molar-refractivity contribution is 6.09. The summed E-state index contributed by atoms with van der Waals surface area (Å²) in [6, 6.07) is 4.70. The van der Waals surface area contributed by atoms with E-state index in [-0.39, 0.29) is 47.9 Å². The number of amides is 4. The monoisotopic (exact) mass is 586 g/mol. The Labute approximate surface area is 254 Å². The summed E-state index contributed by atoms with van der Waals surface area (Å²) in [6.07, 6.45) is 7.55. The normalized spacial score (nSPS) is 14.4. The highest BCUT2D eigenvalue weighted by Gasteiger charge is 2.33. The van der Waals surface area contributed by atoms with Crippen LogP contribution in [0.1, 0.15) is 127 Å². The number of rotatable bonds is 18. The Morgan fingerprint density at radius 2 is 1.02 bits per heavy atom. The summed E-state index contributed by atoms with van der Waals surface area (Å²) in [5.74, 6) is -1.76. The van der Waals surface area contributed by atoms with E-state index in [0.717, 1.165) is 51.4 Å². The van der Waals surface area contributed by atoms with Crippen LogP contribution in [0.5, 0.6) is 0 Å². The molecule has 0 aliphatic carbocycles. The number of benzene rings is 1. The average molecular weight is 587 g/mol. The van der Waals surface area contributed by atoms with Crippen molar-refractivity contribution in [3.05, 3.63) is 35.4 Å². The molecule has 0 radical (unpaired) electrons. The minimum Gasteiger partial charge on any atom is -0.320 e. The number of nitrogens with two attached hydrogens (primary N) is 2. The molecule has 0 aliphatic heterocycles. The van der Waals surface area contributed by atoms with Crippen LogP contribution in [0, 0.1) is 23.7 Å². The van der Waals surface area contributed by atoms with Crippen LogP contribution in [0.4, 0.5) is 0 Å². The Kier molecular flexibility index (Phi) is 16.8. The van der Waals surface area contributed by atoms with Crippen molar-refractivity contribution in [3.8, 4) is 0 Å². The molecule has 0 aliphatic rings. The van der Waals surface area contributed by atoms with Crippen molar-refractivity contribution in [2.45, 2.75) is 119 Å². The minimum atomic E-state index is -0.817. The molecule has 2 unspecified atom stereocenters. The van der Waals surface area contributed by atoms with Crippen molar-refractivity contribution in [1.29, 1.82) is 0 Å². The molecule has 0 fully saturated rings. The van der Waals surface area contributed by atoms with Gasteiger partial charge in [-0.15, -0.1) is 0 Å². The Bertz CT molecular complexity index is 934. The maximum atomic E-state index is 13.9. The van der Waals surface area contributed by atoms with Gasteiger partial charge in [0.2, 0.25) is 11.8 Å². The zero-order valence-electron chi connectivity index (χ0n) is 27.5. The average Bonchev–Trinajstić information content (AvgIpc) is 2.99. The fourth-order valence-corrected chi connectivity index (χ4v) is 4.92. The van der Waals surface area contributed by atoms with E-state index in [0.29, 0.717) is 0 Å². The van der Waals surface area contributed by atoms with E-state index in [1.165, 1.54) is 15.9 Å². The van der Waals surface area contributed by atoms with Gasteiger partial charge >= 0.3 is 0 Å². The maximum Gasteiger partial charge on any atom is 0.260 e. The lowest BCUT2D eigenvalue weighted by molar-refractivity contribution is -0.132. The molecule has 4 atom stereocenters. The van der Waals surface area contributed by atoms with Crippen molar-refractivity contribution < 1.29 is 19.2 Å². The van der Waals surface area contributed by atoms with Crippen LogP contribution in [0.15, 0.2) is 24.3 Å². The van der Waals surface area contributed by atoms with Gasteiger partial charge in [-0.1, -0.05) is 100.0 Å². The lowest BCUT2D eigenvalue weighted by atomic mass is 9.96. The molecule has 8 nitrogen and oxygen atoms in total. The third-order valence-corrected chi connectivity index (χ3v) is 8.35. The molecule has 4 amide bonds. The number of carbonyl (C=O) groups is 4. The van der Waals surface area contributed by atoms with E-state index < -0.39 is 35.7 Å². The first-order valence-corrected chi connectivity index (χ1v) is 16.2. The number of hydrogen-bond acceptors (Lipinski definition) is 6. The molecule has 238 valence electrons. The third kappa shape index (κ3) is 10.9. The zero-order chi connectivity index (χ0) is 32.0. The molecule has 8 heteroatoms. The van der Waals surface area contributed by atoms with Crippen molar-refractivity contribution in [1.82, 2.24) is 9.80 Å². The second-order valence-corrected chi connectivity index (χ2v) is 12.5. The lowest BCUT2D eigenvalue weighted by Crippen LogP contribution is -2.51. The molecule has 0 aromatic heterocycles. The Balaban J connectivity index is 3.48. The van der Waals surface area contributed by atoms with Gasteiger partial charge in [-0.2, -0.15) is 0 Å². The summed E-state index contributed by atoms with van der Waals surface area (Å²) >= 11 is 0. The summed E-state index contributed by atoms with van der Waals surface area (Å²) in [5.41, 5.74) is 12.9. The molecule has 1 aromatic carbocycles. The zero-order valence-corrected chi connectivity index (χ0v) is 27.5. The summed E-state index contributed by atoms with van der Waals surface area (Å²) < 4.78 is 0. The van der Waals surface area contributed by atoms with Crippen LogP contribution in [0.2, 0.25) is 0 Å². The second-order valence-electron chi connectivity index (χ2n) is 12.5. The molecule has 0 spiro atoms. The van der Waals surface area contributed by atoms with E-state index in [9.17, 15) is 19.2 Å². The first-order chi connectivity index (χ1) is 19.8. The fraction of sp³-hybridized carbons (Fsp3) is 0.706. The molecule has 0 bridgehead atoms. The quantitative estimate of drug-likeness (QED) is 0.216. The predicted molar refractivity (Wildman–Crippen MR) is 171 cm³/mol. The smallest absolute Gasteiger partial charge is 0.260 e. The molecule has 0 saturated carbocycles. The van der Waals surface area contributed by atoms with Gasteiger partial charge in [-0.05, 0) is 54.7 Å². The molecule has 1 aromatic rings. The fourth-order valence-electron chi connectivity index (χ4n) is 4.92. The molecule has 1 rings (SSSR count). The van der Waals surface area contributed by atoms with Crippen molar-refractivity contribution in [2.75, 3.05) is 13.1 Å². The van der Waals surface area contributed by atoms with E-state index in [1.807, 2.05) is 27.7 Å². The highest BCUT2D eigenvalue weighted by Crippen LogP contribution is 2.21. The SMILES string of the molecule is CCCCC(CC)CN(C(=O)c1cccc(C(=O)N(CC(CC)CCCC)C(=O)[C@@H](N)C(C)C)c1)C(=O)[C@@H](N)C(C)C. The first-order valence-electron chi connectivity index (χ1n) is 16.2. The van der Waals surface area contributed by atoms with Crippen LogP contribution < -0.4 is 11.5 Å². The summed E-state index contributed by atoms with van der Waals surface area (Å²) in [5, 5.41) is 0. The van der Waals surface area contributed by atoms with Gasteiger partial charge in [0.25, 0.3) is 11.8 Å². The van der Waals surface area contributed by atoms with Gasteiger partial charge in [0, 0.05) is 24.2 Å². The summed E-state index contributed by atoms with van der Waals surface area (Å²) in [7, 11) is 0. The van der Waals surface area contributed by atoms with Gasteiger partial charge in [0.05, 0.1) is 12.1 Å². The number of imide groups is 2. The molecule has 42 heavy (non-hydrogen) atoms. The van der Waals surface area contributed by atoms with Crippen LogP contribution in [0.25, 0.3) is 0 Å². The van der Waals surface area contributed by atoms with Crippen LogP contribution in [-0.2, 0) is 9.59 Å². The van der Waals surface area contributed by atoms with Crippen molar-refractivity contribution in [3.63, 3.8) is 0 Å².